The SMILES string of the molecule is C[C@@H]1C=CCC[C@@H](c2c([N+](=O)[O-])cnn2C)O1.C[C@H]1C=CCC[C@@H](c2c([N+](=O)[O-])cnn2C)O1. The van der Waals surface area contributed by atoms with Crippen molar-refractivity contribution >= 4 is 11.4 Å². The van der Waals surface area contributed by atoms with E-state index in [1.165, 1.54) is 21.8 Å². The van der Waals surface area contributed by atoms with Crippen molar-refractivity contribution in [1.82, 2.24) is 19.6 Å². The maximum Gasteiger partial charge on any atom is 0.312 e. The van der Waals surface area contributed by atoms with E-state index in [-0.39, 0.29) is 35.8 Å². The second-order valence-corrected chi connectivity index (χ2v) is 8.26. The van der Waals surface area contributed by atoms with Crippen LogP contribution in [0, 0.1) is 20.2 Å². The Hall–Kier alpha value is -3.38. The zero-order valence-electron chi connectivity index (χ0n) is 19.7. The molecular formula is C22H30N6O6. The molecule has 2 aromatic rings. The van der Waals surface area contributed by atoms with Crippen LogP contribution in [-0.2, 0) is 23.6 Å². The van der Waals surface area contributed by atoms with Gasteiger partial charge in [-0.3, -0.25) is 29.6 Å². The Morgan fingerprint density at radius 3 is 1.56 bits per heavy atom. The van der Waals surface area contributed by atoms with Crippen molar-refractivity contribution in [2.75, 3.05) is 0 Å². The van der Waals surface area contributed by atoms with Gasteiger partial charge in [0.15, 0.2) is 0 Å². The van der Waals surface area contributed by atoms with Gasteiger partial charge in [-0.05, 0) is 39.5 Å². The van der Waals surface area contributed by atoms with Crippen molar-refractivity contribution in [2.45, 2.75) is 63.9 Å². The third kappa shape index (κ3) is 5.94. The molecule has 0 radical (unpaired) electrons. The number of nitrogens with zero attached hydrogens (tertiary/aromatic N) is 6. The second kappa shape index (κ2) is 11.2. The van der Waals surface area contributed by atoms with Crippen LogP contribution in [0.2, 0.25) is 0 Å². The summed E-state index contributed by atoms with van der Waals surface area (Å²) in [7, 11) is 3.41. The molecule has 0 spiro atoms. The molecule has 0 amide bonds. The molecular weight excluding hydrogens is 444 g/mol. The zero-order chi connectivity index (χ0) is 24.8. The Morgan fingerprint density at radius 1 is 0.824 bits per heavy atom. The fourth-order valence-corrected chi connectivity index (χ4v) is 4.12. The van der Waals surface area contributed by atoms with Crippen LogP contribution in [0.25, 0.3) is 0 Å². The molecule has 0 saturated heterocycles. The van der Waals surface area contributed by atoms with E-state index in [0.29, 0.717) is 11.4 Å². The largest absolute Gasteiger partial charge is 0.365 e. The summed E-state index contributed by atoms with van der Waals surface area (Å²) in [4.78, 5) is 21.0. The van der Waals surface area contributed by atoms with Crippen molar-refractivity contribution in [3.63, 3.8) is 0 Å². The van der Waals surface area contributed by atoms with E-state index in [1.807, 2.05) is 38.2 Å². The molecule has 4 atom stereocenters. The second-order valence-electron chi connectivity index (χ2n) is 8.26. The summed E-state index contributed by atoms with van der Waals surface area (Å²) in [6.45, 7) is 3.86. The van der Waals surface area contributed by atoms with Crippen molar-refractivity contribution in [3.8, 4) is 0 Å². The van der Waals surface area contributed by atoms with E-state index in [4.69, 9.17) is 9.47 Å². The third-order valence-corrected chi connectivity index (χ3v) is 5.70. The zero-order valence-corrected chi connectivity index (χ0v) is 19.7. The smallest absolute Gasteiger partial charge is 0.312 e. The maximum absolute atomic E-state index is 10.9. The fourth-order valence-electron chi connectivity index (χ4n) is 4.12. The highest BCUT2D eigenvalue weighted by Gasteiger charge is 2.30. The van der Waals surface area contributed by atoms with Crippen LogP contribution >= 0.6 is 0 Å². The van der Waals surface area contributed by atoms with E-state index in [9.17, 15) is 20.2 Å². The lowest BCUT2D eigenvalue weighted by Gasteiger charge is -2.18. The van der Waals surface area contributed by atoms with Crippen LogP contribution in [-0.4, -0.2) is 41.6 Å². The summed E-state index contributed by atoms with van der Waals surface area (Å²) in [5, 5.41) is 29.7. The number of nitro groups is 2. The molecule has 4 rings (SSSR count). The number of aromatic nitrogens is 4. The molecule has 0 fully saturated rings. The van der Waals surface area contributed by atoms with Gasteiger partial charge in [-0.25, -0.2) is 0 Å². The fraction of sp³-hybridized carbons (Fsp3) is 0.545. The third-order valence-electron chi connectivity index (χ3n) is 5.70. The first-order chi connectivity index (χ1) is 16.2. The van der Waals surface area contributed by atoms with Crippen LogP contribution in [0.3, 0.4) is 0 Å². The number of ether oxygens (including phenoxy) is 2. The Labute approximate surface area is 197 Å². The van der Waals surface area contributed by atoms with Crippen molar-refractivity contribution in [1.29, 1.82) is 0 Å². The van der Waals surface area contributed by atoms with Gasteiger partial charge >= 0.3 is 11.4 Å². The Morgan fingerprint density at radius 2 is 1.21 bits per heavy atom. The van der Waals surface area contributed by atoms with Crippen molar-refractivity contribution in [3.05, 3.63) is 68.3 Å². The molecule has 0 aliphatic carbocycles. The molecule has 4 heterocycles. The van der Waals surface area contributed by atoms with Crippen LogP contribution < -0.4 is 0 Å². The van der Waals surface area contributed by atoms with Gasteiger partial charge < -0.3 is 9.47 Å². The lowest BCUT2D eigenvalue weighted by molar-refractivity contribution is -0.386. The minimum atomic E-state index is -0.408. The highest BCUT2D eigenvalue weighted by atomic mass is 16.6. The van der Waals surface area contributed by atoms with E-state index >= 15 is 0 Å². The van der Waals surface area contributed by atoms with Crippen LogP contribution in [0.5, 0.6) is 0 Å². The summed E-state index contributed by atoms with van der Waals surface area (Å²) in [5.74, 6) is 0. The van der Waals surface area contributed by atoms with E-state index < -0.39 is 9.85 Å². The highest BCUT2D eigenvalue weighted by Crippen LogP contribution is 2.34. The molecule has 2 aliphatic rings. The molecule has 0 unspecified atom stereocenters. The number of allylic oxidation sites excluding steroid dienone is 2. The molecule has 0 bridgehead atoms. The minimum Gasteiger partial charge on any atom is -0.365 e. The Balaban J connectivity index is 0.000000191. The summed E-state index contributed by atoms with van der Waals surface area (Å²) in [6.07, 6.45) is 13.2. The molecule has 0 aromatic carbocycles. The lowest BCUT2D eigenvalue weighted by atomic mass is 10.1. The van der Waals surface area contributed by atoms with Crippen LogP contribution in [0.15, 0.2) is 36.7 Å². The van der Waals surface area contributed by atoms with Gasteiger partial charge in [-0.2, -0.15) is 10.2 Å². The normalized spacial score (nSPS) is 24.6. The Kier molecular flexibility index (Phi) is 8.29. The molecule has 0 saturated carbocycles. The summed E-state index contributed by atoms with van der Waals surface area (Å²) in [6, 6.07) is 0. The molecule has 2 aromatic heterocycles. The number of rotatable bonds is 4. The predicted octanol–water partition coefficient (Wildman–Crippen LogP) is 4.25. The van der Waals surface area contributed by atoms with Crippen molar-refractivity contribution in [2.24, 2.45) is 14.1 Å². The van der Waals surface area contributed by atoms with Gasteiger partial charge in [0.1, 0.15) is 36.0 Å². The molecule has 0 N–H and O–H groups in total. The minimum absolute atomic E-state index is 0.0306. The monoisotopic (exact) mass is 474 g/mol. The summed E-state index contributed by atoms with van der Waals surface area (Å²) >= 11 is 0. The number of hydrogen-bond acceptors (Lipinski definition) is 8. The van der Waals surface area contributed by atoms with Crippen LogP contribution in [0.4, 0.5) is 11.4 Å². The quantitative estimate of drug-likeness (QED) is 0.364. The van der Waals surface area contributed by atoms with Gasteiger partial charge in [-0.15, -0.1) is 0 Å². The number of aryl methyl sites for hydroxylation is 2. The molecule has 12 heteroatoms. The Bertz CT molecular complexity index is 990. The van der Waals surface area contributed by atoms with Gasteiger partial charge in [0.25, 0.3) is 0 Å². The first kappa shape index (κ1) is 25.2. The van der Waals surface area contributed by atoms with E-state index in [0.717, 1.165) is 25.7 Å². The average Bonchev–Trinajstić information content (AvgIpc) is 3.19. The average molecular weight is 475 g/mol. The summed E-state index contributed by atoms with van der Waals surface area (Å²) in [5.41, 5.74) is 1.16. The molecule has 2 aliphatic heterocycles. The van der Waals surface area contributed by atoms with Crippen molar-refractivity contribution < 1.29 is 19.3 Å². The summed E-state index contributed by atoms with van der Waals surface area (Å²) < 4.78 is 14.6. The van der Waals surface area contributed by atoms with Gasteiger partial charge in [-0.1, -0.05) is 24.3 Å². The first-order valence-electron chi connectivity index (χ1n) is 11.2. The molecule has 184 valence electrons. The van der Waals surface area contributed by atoms with Gasteiger partial charge in [0.05, 0.1) is 22.1 Å². The van der Waals surface area contributed by atoms with Gasteiger partial charge in [0.2, 0.25) is 0 Å². The van der Waals surface area contributed by atoms with E-state index in [2.05, 4.69) is 10.2 Å². The first-order valence-corrected chi connectivity index (χ1v) is 11.2. The standard InChI is InChI=1S/2C11H15N3O3/c2*1-8-5-3-4-6-10(17-8)11-9(14(15)16)7-12-13(11)2/h2*3,5,7-8,10H,4,6H2,1-2H3/t8-,10+;8-,10-/m10/s1. The molecule has 34 heavy (non-hydrogen) atoms. The maximum atomic E-state index is 10.9. The highest BCUT2D eigenvalue weighted by molar-refractivity contribution is 5.35. The van der Waals surface area contributed by atoms with Gasteiger partial charge in [0, 0.05) is 14.1 Å². The van der Waals surface area contributed by atoms with E-state index in [1.54, 1.807) is 14.1 Å². The number of hydrogen-bond donors (Lipinski definition) is 0. The lowest BCUT2D eigenvalue weighted by Crippen LogP contribution is -2.14. The topological polar surface area (TPSA) is 140 Å². The predicted molar refractivity (Wildman–Crippen MR) is 123 cm³/mol. The van der Waals surface area contributed by atoms with Crippen LogP contribution in [0.1, 0.15) is 63.1 Å². The molecule has 12 nitrogen and oxygen atoms in total.